The van der Waals surface area contributed by atoms with Crippen molar-refractivity contribution in [2.75, 3.05) is 33.4 Å². The molecule has 1 atom stereocenters. The average Bonchev–Trinajstić information content (AvgIpc) is 2.63. The van der Waals surface area contributed by atoms with E-state index in [0.29, 0.717) is 19.0 Å². The summed E-state index contributed by atoms with van der Waals surface area (Å²) in [5.41, 5.74) is -1.08. The van der Waals surface area contributed by atoms with Gasteiger partial charge in [-0.3, -0.25) is 14.5 Å². The molecular weight excluding hydrogens is 274 g/mol. The molecule has 0 spiro atoms. The fourth-order valence-electron chi connectivity index (χ4n) is 2.77. The summed E-state index contributed by atoms with van der Waals surface area (Å²) in [7, 11) is 1.47. The SMILES string of the molecule is COCC1(C)NC(=O)N(CC(=O)N2CCC(C)CC2)C1=O. The van der Waals surface area contributed by atoms with E-state index >= 15 is 0 Å². The van der Waals surface area contributed by atoms with Crippen LogP contribution >= 0.6 is 0 Å². The van der Waals surface area contributed by atoms with Gasteiger partial charge in [0.1, 0.15) is 12.1 Å². The van der Waals surface area contributed by atoms with Crippen LogP contribution in [0.4, 0.5) is 4.79 Å². The van der Waals surface area contributed by atoms with Gasteiger partial charge >= 0.3 is 6.03 Å². The molecule has 0 saturated carbocycles. The van der Waals surface area contributed by atoms with Crippen LogP contribution in [0.25, 0.3) is 0 Å². The normalized spacial score (nSPS) is 27.2. The number of amides is 4. The molecule has 2 rings (SSSR count). The van der Waals surface area contributed by atoms with E-state index in [1.165, 1.54) is 7.11 Å². The Bertz CT molecular complexity index is 446. The van der Waals surface area contributed by atoms with Gasteiger partial charge in [-0.2, -0.15) is 0 Å². The molecule has 118 valence electrons. The maximum absolute atomic E-state index is 12.3. The fraction of sp³-hybridized carbons (Fsp3) is 0.786. The van der Waals surface area contributed by atoms with Crippen LogP contribution in [0.2, 0.25) is 0 Å². The molecule has 21 heavy (non-hydrogen) atoms. The minimum atomic E-state index is -1.08. The first-order valence-electron chi connectivity index (χ1n) is 7.28. The Labute approximate surface area is 124 Å². The van der Waals surface area contributed by atoms with Gasteiger partial charge in [-0.1, -0.05) is 6.92 Å². The van der Waals surface area contributed by atoms with Crippen molar-refractivity contribution in [2.24, 2.45) is 5.92 Å². The first-order chi connectivity index (χ1) is 9.87. The van der Waals surface area contributed by atoms with Gasteiger partial charge in [0, 0.05) is 20.2 Å². The fourth-order valence-corrected chi connectivity index (χ4v) is 2.77. The van der Waals surface area contributed by atoms with Gasteiger partial charge in [0.15, 0.2) is 0 Å². The lowest BCUT2D eigenvalue weighted by atomic mass is 9.99. The van der Waals surface area contributed by atoms with Gasteiger partial charge in [-0.25, -0.2) is 4.79 Å². The third-order valence-electron chi connectivity index (χ3n) is 4.21. The van der Waals surface area contributed by atoms with Crippen LogP contribution in [0, 0.1) is 5.92 Å². The molecule has 2 aliphatic rings. The minimum absolute atomic E-state index is 0.0868. The number of hydrogen-bond donors (Lipinski definition) is 1. The Hall–Kier alpha value is -1.63. The van der Waals surface area contributed by atoms with Crippen molar-refractivity contribution in [1.82, 2.24) is 15.1 Å². The number of methoxy groups -OCH3 is 1. The number of urea groups is 1. The summed E-state index contributed by atoms with van der Waals surface area (Å²) in [5.74, 6) is 0.0379. The second-order valence-corrected chi connectivity index (χ2v) is 6.15. The summed E-state index contributed by atoms with van der Waals surface area (Å²) in [6, 6.07) is -0.529. The molecule has 2 saturated heterocycles. The molecule has 4 amide bonds. The van der Waals surface area contributed by atoms with Gasteiger partial charge < -0.3 is 15.0 Å². The lowest BCUT2D eigenvalue weighted by Gasteiger charge is -2.31. The van der Waals surface area contributed by atoms with E-state index in [0.717, 1.165) is 17.7 Å². The van der Waals surface area contributed by atoms with Crippen molar-refractivity contribution < 1.29 is 19.1 Å². The van der Waals surface area contributed by atoms with Crippen molar-refractivity contribution in [3.63, 3.8) is 0 Å². The van der Waals surface area contributed by atoms with Crippen molar-refractivity contribution in [3.05, 3.63) is 0 Å². The van der Waals surface area contributed by atoms with Crippen molar-refractivity contribution in [3.8, 4) is 0 Å². The number of likely N-dealkylation sites (tertiary alicyclic amines) is 1. The minimum Gasteiger partial charge on any atom is -0.382 e. The molecule has 2 fully saturated rings. The first-order valence-corrected chi connectivity index (χ1v) is 7.28. The molecule has 2 heterocycles. The Morgan fingerprint density at radius 3 is 2.57 bits per heavy atom. The van der Waals surface area contributed by atoms with E-state index in [9.17, 15) is 14.4 Å². The van der Waals surface area contributed by atoms with Crippen LogP contribution in [0.3, 0.4) is 0 Å². The van der Waals surface area contributed by atoms with E-state index in [2.05, 4.69) is 12.2 Å². The quantitative estimate of drug-likeness (QED) is 0.752. The van der Waals surface area contributed by atoms with E-state index in [-0.39, 0.29) is 19.1 Å². The molecule has 0 aliphatic carbocycles. The number of piperidine rings is 1. The number of carbonyl (C=O) groups excluding carboxylic acids is 3. The number of imide groups is 1. The van der Waals surface area contributed by atoms with Crippen LogP contribution in [0.5, 0.6) is 0 Å². The number of nitrogens with zero attached hydrogens (tertiary/aromatic N) is 2. The van der Waals surface area contributed by atoms with Gasteiger partial charge in [-0.05, 0) is 25.7 Å². The molecule has 1 unspecified atom stereocenters. The molecule has 1 N–H and O–H groups in total. The zero-order valence-electron chi connectivity index (χ0n) is 12.8. The molecule has 0 aromatic carbocycles. The van der Waals surface area contributed by atoms with Gasteiger partial charge in [-0.15, -0.1) is 0 Å². The highest BCUT2D eigenvalue weighted by atomic mass is 16.5. The van der Waals surface area contributed by atoms with Gasteiger partial charge in [0.25, 0.3) is 5.91 Å². The summed E-state index contributed by atoms with van der Waals surface area (Å²) >= 11 is 0. The van der Waals surface area contributed by atoms with Crippen LogP contribution in [0.1, 0.15) is 26.7 Å². The van der Waals surface area contributed by atoms with Crippen LogP contribution in [-0.4, -0.2) is 66.5 Å². The Balaban J connectivity index is 1.98. The molecule has 2 aliphatic heterocycles. The summed E-state index contributed by atoms with van der Waals surface area (Å²) in [6.45, 7) is 5.04. The summed E-state index contributed by atoms with van der Waals surface area (Å²) < 4.78 is 4.97. The molecule has 0 aromatic heterocycles. The largest absolute Gasteiger partial charge is 0.382 e. The van der Waals surface area contributed by atoms with Crippen LogP contribution < -0.4 is 5.32 Å². The third-order valence-corrected chi connectivity index (χ3v) is 4.21. The average molecular weight is 297 g/mol. The monoisotopic (exact) mass is 297 g/mol. The van der Waals surface area contributed by atoms with E-state index in [1.54, 1.807) is 11.8 Å². The molecule has 0 aromatic rings. The topological polar surface area (TPSA) is 79.0 Å². The van der Waals surface area contributed by atoms with E-state index < -0.39 is 17.5 Å². The third kappa shape index (κ3) is 3.18. The number of ether oxygens (including phenoxy) is 1. The van der Waals surface area contributed by atoms with Gasteiger partial charge in [0.2, 0.25) is 5.91 Å². The summed E-state index contributed by atoms with van der Waals surface area (Å²) in [6.07, 6.45) is 1.93. The maximum atomic E-state index is 12.3. The molecule has 0 bridgehead atoms. The standard InChI is InChI=1S/C14H23N3O4/c1-10-4-6-16(7-5-10)11(18)8-17-12(19)14(2,9-21-3)15-13(17)20/h10H,4-9H2,1-3H3,(H,15,20). The maximum Gasteiger partial charge on any atom is 0.325 e. The zero-order valence-corrected chi connectivity index (χ0v) is 12.8. The number of hydrogen-bond acceptors (Lipinski definition) is 4. The Kier molecular flexibility index (Phi) is 4.51. The number of carbonyl (C=O) groups is 3. The smallest absolute Gasteiger partial charge is 0.325 e. The number of rotatable bonds is 4. The number of nitrogens with one attached hydrogen (secondary N) is 1. The van der Waals surface area contributed by atoms with E-state index in [1.807, 2.05) is 0 Å². The lowest BCUT2D eigenvalue weighted by molar-refractivity contribution is -0.140. The predicted octanol–water partition coefficient (Wildman–Crippen LogP) is 0.202. The van der Waals surface area contributed by atoms with Crippen LogP contribution in [-0.2, 0) is 14.3 Å². The Morgan fingerprint density at radius 2 is 2.00 bits per heavy atom. The van der Waals surface area contributed by atoms with E-state index in [4.69, 9.17) is 4.74 Å². The van der Waals surface area contributed by atoms with Crippen LogP contribution in [0.15, 0.2) is 0 Å². The zero-order chi connectivity index (χ0) is 15.6. The molecule has 7 heteroatoms. The lowest BCUT2D eigenvalue weighted by Crippen LogP contribution is -2.49. The first kappa shape index (κ1) is 15.8. The van der Waals surface area contributed by atoms with Crippen molar-refractivity contribution in [2.45, 2.75) is 32.2 Å². The van der Waals surface area contributed by atoms with Gasteiger partial charge in [0.05, 0.1) is 6.61 Å². The molecular formula is C14H23N3O4. The summed E-state index contributed by atoms with van der Waals surface area (Å²) in [4.78, 5) is 39.2. The predicted molar refractivity (Wildman–Crippen MR) is 75.5 cm³/mol. The highest BCUT2D eigenvalue weighted by Crippen LogP contribution is 2.20. The summed E-state index contributed by atoms with van der Waals surface area (Å²) in [5, 5.41) is 2.59. The molecule has 7 nitrogen and oxygen atoms in total. The second-order valence-electron chi connectivity index (χ2n) is 6.15. The van der Waals surface area contributed by atoms with Crippen molar-refractivity contribution in [1.29, 1.82) is 0 Å². The van der Waals surface area contributed by atoms with Crippen molar-refractivity contribution >= 4 is 17.8 Å². The highest BCUT2D eigenvalue weighted by molar-refractivity contribution is 6.08. The molecule has 0 radical (unpaired) electrons. The highest BCUT2D eigenvalue weighted by Gasteiger charge is 2.48. The Morgan fingerprint density at radius 1 is 1.38 bits per heavy atom. The second kappa shape index (κ2) is 6.01.